The quantitative estimate of drug-likeness (QED) is 0.753. The van der Waals surface area contributed by atoms with E-state index in [0.29, 0.717) is 6.54 Å². The first-order valence-electron chi connectivity index (χ1n) is 6.98. The second-order valence-corrected chi connectivity index (χ2v) is 5.21. The molecule has 1 rings (SSSR count). The Bertz CT molecular complexity index is 500. The Morgan fingerprint density at radius 2 is 2.00 bits per heavy atom. The molecular formula is C16H23N3O2. The first kappa shape index (κ1) is 17.0. The van der Waals surface area contributed by atoms with E-state index < -0.39 is 6.10 Å². The second-order valence-electron chi connectivity index (χ2n) is 5.21. The summed E-state index contributed by atoms with van der Waals surface area (Å²) in [5, 5.41) is 12.8. The third-order valence-electron chi connectivity index (χ3n) is 3.29. The molecule has 1 heterocycles. The number of carbonyl (C=O) groups excluding carboxylic acids is 1. The molecule has 0 aliphatic carbocycles. The van der Waals surface area contributed by atoms with Crippen LogP contribution in [0.5, 0.6) is 0 Å². The van der Waals surface area contributed by atoms with Crippen molar-refractivity contribution >= 4 is 5.91 Å². The smallest absolute Gasteiger partial charge is 0.289 e. The van der Waals surface area contributed by atoms with Crippen LogP contribution >= 0.6 is 0 Å². The van der Waals surface area contributed by atoms with Crippen molar-refractivity contribution < 1.29 is 9.90 Å². The van der Waals surface area contributed by atoms with Crippen LogP contribution in [0, 0.1) is 11.8 Å². The van der Waals surface area contributed by atoms with Gasteiger partial charge >= 0.3 is 0 Å². The predicted octanol–water partition coefficient (Wildman–Crippen LogP) is 1.97. The van der Waals surface area contributed by atoms with E-state index in [0.717, 1.165) is 5.57 Å². The number of nitrogens with one attached hydrogen (secondary N) is 1. The average Bonchev–Trinajstić information content (AvgIpc) is 2.51. The number of hydrogen-bond acceptors (Lipinski definition) is 4. The molecule has 0 saturated carbocycles. The minimum absolute atomic E-state index is 0.0112. The lowest BCUT2D eigenvalue weighted by atomic mass is 9.92. The Morgan fingerprint density at radius 3 is 2.57 bits per heavy atom. The molecule has 0 saturated heterocycles. The molecule has 1 amide bonds. The van der Waals surface area contributed by atoms with Crippen LogP contribution in [0.25, 0.3) is 0 Å². The van der Waals surface area contributed by atoms with Gasteiger partial charge < -0.3 is 10.4 Å². The number of amides is 1. The van der Waals surface area contributed by atoms with Gasteiger partial charge in [0.25, 0.3) is 5.91 Å². The van der Waals surface area contributed by atoms with Gasteiger partial charge in [-0.1, -0.05) is 31.6 Å². The fourth-order valence-electron chi connectivity index (χ4n) is 1.94. The summed E-state index contributed by atoms with van der Waals surface area (Å²) in [7, 11) is 0. The highest BCUT2D eigenvalue weighted by Gasteiger charge is 2.17. The highest BCUT2D eigenvalue weighted by atomic mass is 16.3. The second kappa shape index (κ2) is 8.32. The third-order valence-corrected chi connectivity index (χ3v) is 3.29. The monoisotopic (exact) mass is 289 g/mol. The molecule has 114 valence electrons. The Labute approximate surface area is 125 Å². The summed E-state index contributed by atoms with van der Waals surface area (Å²) in [5.41, 5.74) is 0.974. The molecule has 2 N–H and O–H groups in total. The normalized spacial score (nSPS) is 15.9. The molecule has 0 aliphatic rings. The molecule has 5 heteroatoms. The molecule has 3 atom stereocenters. The standard InChI is InChI=1S/C16H23N3O2/c1-5-12(3)14(20)13(4)9-11(2)10-19-16(21)15-17-7-6-8-18-15/h5-9,12-14,20H,1,10H2,2-4H3,(H,19,21). The van der Waals surface area contributed by atoms with Crippen LogP contribution in [0.15, 0.2) is 42.8 Å². The molecular weight excluding hydrogens is 266 g/mol. The first-order valence-corrected chi connectivity index (χ1v) is 6.98. The summed E-state index contributed by atoms with van der Waals surface area (Å²) < 4.78 is 0. The van der Waals surface area contributed by atoms with Crippen LogP contribution in [0.2, 0.25) is 0 Å². The summed E-state index contributed by atoms with van der Waals surface area (Å²) in [6.45, 7) is 9.86. The molecule has 0 bridgehead atoms. The van der Waals surface area contributed by atoms with E-state index in [1.807, 2.05) is 26.8 Å². The summed E-state index contributed by atoms with van der Waals surface area (Å²) in [4.78, 5) is 19.6. The van der Waals surface area contributed by atoms with E-state index >= 15 is 0 Å². The van der Waals surface area contributed by atoms with E-state index in [2.05, 4.69) is 21.9 Å². The van der Waals surface area contributed by atoms with Crippen molar-refractivity contribution in [3.63, 3.8) is 0 Å². The van der Waals surface area contributed by atoms with Gasteiger partial charge in [0.1, 0.15) is 0 Å². The SMILES string of the molecule is C=CC(C)C(O)C(C)C=C(C)CNC(=O)c1ncccn1. The maximum Gasteiger partial charge on any atom is 0.289 e. The largest absolute Gasteiger partial charge is 0.392 e. The van der Waals surface area contributed by atoms with Gasteiger partial charge in [0.2, 0.25) is 5.82 Å². The molecule has 3 unspecified atom stereocenters. The lowest BCUT2D eigenvalue weighted by Gasteiger charge is -2.20. The van der Waals surface area contributed by atoms with Gasteiger partial charge in [-0.25, -0.2) is 9.97 Å². The van der Waals surface area contributed by atoms with Crippen molar-refractivity contribution in [1.29, 1.82) is 0 Å². The van der Waals surface area contributed by atoms with Gasteiger partial charge in [0.05, 0.1) is 6.10 Å². The number of aliphatic hydroxyl groups excluding tert-OH is 1. The fourth-order valence-corrected chi connectivity index (χ4v) is 1.94. The number of aromatic nitrogens is 2. The molecule has 0 spiro atoms. The van der Waals surface area contributed by atoms with Gasteiger partial charge in [-0.15, -0.1) is 6.58 Å². The molecule has 21 heavy (non-hydrogen) atoms. The molecule has 0 aromatic carbocycles. The number of nitrogens with zero attached hydrogens (tertiary/aromatic N) is 2. The zero-order valence-corrected chi connectivity index (χ0v) is 12.8. The van der Waals surface area contributed by atoms with Crippen LogP contribution in [-0.4, -0.2) is 33.6 Å². The summed E-state index contributed by atoms with van der Waals surface area (Å²) >= 11 is 0. The van der Waals surface area contributed by atoms with Gasteiger partial charge in [-0.05, 0) is 13.0 Å². The summed E-state index contributed by atoms with van der Waals surface area (Å²) in [6.07, 6.45) is 6.26. The van der Waals surface area contributed by atoms with Crippen molar-refractivity contribution in [1.82, 2.24) is 15.3 Å². The molecule has 5 nitrogen and oxygen atoms in total. The minimum atomic E-state index is -0.481. The van der Waals surface area contributed by atoms with Gasteiger partial charge in [-0.2, -0.15) is 0 Å². The van der Waals surface area contributed by atoms with Crippen LogP contribution in [0.4, 0.5) is 0 Å². The maximum absolute atomic E-state index is 11.8. The highest BCUT2D eigenvalue weighted by Crippen LogP contribution is 2.16. The van der Waals surface area contributed by atoms with E-state index in [1.54, 1.807) is 12.1 Å². The highest BCUT2D eigenvalue weighted by molar-refractivity contribution is 5.90. The Balaban J connectivity index is 2.53. The van der Waals surface area contributed by atoms with Crippen LogP contribution in [-0.2, 0) is 0 Å². The average molecular weight is 289 g/mol. The van der Waals surface area contributed by atoms with Crippen molar-refractivity contribution in [2.75, 3.05) is 6.54 Å². The van der Waals surface area contributed by atoms with Gasteiger partial charge in [0, 0.05) is 30.8 Å². The predicted molar refractivity (Wildman–Crippen MR) is 82.7 cm³/mol. The van der Waals surface area contributed by atoms with Crippen LogP contribution in [0.3, 0.4) is 0 Å². The first-order chi connectivity index (χ1) is 9.95. The molecule has 1 aromatic heterocycles. The van der Waals surface area contributed by atoms with Gasteiger partial charge in [0.15, 0.2) is 0 Å². The van der Waals surface area contributed by atoms with E-state index in [4.69, 9.17) is 0 Å². The molecule has 0 radical (unpaired) electrons. The number of aliphatic hydroxyl groups is 1. The molecule has 1 aromatic rings. The Hall–Kier alpha value is -2.01. The van der Waals surface area contributed by atoms with Crippen molar-refractivity contribution in [3.05, 3.63) is 48.6 Å². The van der Waals surface area contributed by atoms with E-state index in [9.17, 15) is 9.90 Å². The van der Waals surface area contributed by atoms with Gasteiger partial charge in [-0.3, -0.25) is 4.79 Å². The lowest BCUT2D eigenvalue weighted by Crippen LogP contribution is -2.28. The van der Waals surface area contributed by atoms with Crippen molar-refractivity contribution in [2.24, 2.45) is 11.8 Å². The number of hydrogen-bond donors (Lipinski definition) is 2. The van der Waals surface area contributed by atoms with Crippen LogP contribution in [0.1, 0.15) is 31.4 Å². The molecule has 0 aliphatic heterocycles. The van der Waals surface area contributed by atoms with Crippen molar-refractivity contribution in [2.45, 2.75) is 26.9 Å². The third kappa shape index (κ3) is 5.47. The number of rotatable bonds is 7. The minimum Gasteiger partial charge on any atom is -0.392 e. The maximum atomic E-state index is 11.8. The zero-order valence-electron chi connectivity index (χ0n) is 12.8. The summed E-state index contributed by atoms with van der Waals surface area (Å²) in [6, 6.07) is 1.66. The van der Waals surface area contributed by atoms with Crippen molar-refractivity contribution in [3.8, 4) is 0 Å². The Morgan fingerprint density at radius 1 is 1.38 bits per heavy atom. The number of carbonyl (C=O) groups is 1. The summed E-state index contributed by atoms with van der Waals surface area (Å²) in [5.74, 6) is -0.145. The Kier molecular flexibility index (Phi) is 6.75. The van der Waals surface area contributed by atoms with E-state index in [1.165, 1.54) is 12.4 Å². The molecule has 0 fully saturated rings. The van der Waals surface area contributed by atoms with E-state index in [-0.39, 0.29) is 23.6 Å². The zero-order chi connectivity index (χ0) is 15.8. The lowest BCUT2D eigenvalue weighted by molar-refractivity contribution is 0.0946. The topological polar surface area (TPSA) is 75.1 Å². The fraction of sp³-hybridized carbons (Fsp3) is 0.438. The van der Waals surface area contributed by atoms with Crippen LogP contribution < -0.4 is 5.32 Å².